The second-order valence-electron chi connectivity index (χ2n) is 7.39. The lowest BCUT2D eigenvalue weighted by Gasteiger charge is -2.22. The molecule has 1 aromatic carbocycles. The molecule has 6 nitrogen and oxygen atoms in total. The van der Waals surface area contributed by atoms with Crippen LogP contribution in [0.1, 0.15) is 24.4 Å². The van der Waals surface area contributed by atoms with E-state index in [9.17, 15) is 9.18 Å². The maximum atomic E-state index is 13.1. The predicted octanol–water partition coefficient (Wildman–Crippen LogP) is 4.34. The molecular formula is C22H20FN5OS. The van der Waals surface area contributed by atoms with Crippen molar-refractivity contribution in [3.8, 4) is 11.5 Å². The fraction of sp³-hybridized carbons (Fsp3) is 0.227. The van der Waals surface area contributed by atoms with E-state index in [0.717, 1.165) is 24.1 Å². The monoisotopic (exact) mass is 421 g/mol. The number of benzene rings is 1. The summed E-state index contributed by atoms with van der Waals surface area (Å²) in [6, 6.07) is 13.7. The zero-order chi connectivity index (χ0) is 20.5. The van der Waals surface area contributed by atoms with Crippen LogP contribution in [0.3, 0.4) is 0 Å². The van der Waals surface area contributed by atoms with Gasteiger partial charge in [0.25, 0.3) is 5.91 Å². The molecule has 1 fully saturated rings. The van der Waals surface area contributed by atoms with Crippen LogP contribution in [0.5, 0.6) is 0 Å². The lowest BCUT2D eigenvalue weighted by atomic mass is 10.1. The molecule has 1 aliphatic carbocycles. The molecule has 3 heterocycles. The van der Waals surface area contributed by atoms with Gasteiger partial charge in [-0.05, 0) is 60.7 Å². The van der Waals surface area contributed by atoms with E-state index < -0.39 is 0 Å². The number of amides is 1. The quantitative estimate of drug-likeness (QED) is 0.451. The highest BCUT2D eigenvalue weighted by molar-refractivity contribution is 7.98. The second-order valence-corrected chi connectivity index (χ2v) is 8.34. The van der Waals surface area contributed by atoms with Crippen LogP contribution in [0.2, 0.25) is 0 Å². The van der Waals surface area contributed by atoms with E-state index in [1.165, 1.54) is 23.9 Å². The number of fused-ring (bicyclic) bond motifs is 1. The van der Waals surface area contributed by atoms with E-state index in [0.29, 0.717) is 22.7 Å². The van der Waals surface area contributed by atoms with E-state index in [1.807, 2.05) is 35.0 Å². The summed E-state index contributed by atoms with van der Waals surface area (Å²) >= 11 is 1.50. The Balaban J connectivity index is 1.39. The number of rotatable bonds is 7. The summed E-state index contributed by atoms with van der Waals surface area (Å²) in [6.45, 7) is 0. The first-order valence-corrected chi connectivity index (χ1v) is 10.8. The summed E-state index contributed by atoms with van der Waals surface area (Å²) in [5.74, 6) is 1.34. The Hall–Kier alpha value is -3.13. The second kappa shape index (κ2) is 7.95. The number of pyridine rings is 1. The molecule has 1 unspecified atom stereocenters. The van der Waals surface area contributed by atoms with Crippen LogP contribution in [0.15, 0.2) is 72.3 Å². The number of halogens is 1. The first-order chi connectivity index (χ1) is 14.7. The number of thioether (sulfide) groups is 1. The molecular weight excluding hydrogens is 401 g/mol. The van der Waals surface area contributed by atoms with Crippen molar-refractivity contribution in [3.63, 3.8) is 0 Å². The smallest absolute Gasteiger partial charge is 0.262 e. The Morgan fingerprint density at radius 2 is 1.87 bits per heavy atom. The van der Waals surface area contributed by atoms with Crippen molar-refractivity contribution in [1.82, 2.24) is 19.2 Å². The molecule has 0 bridgehead atoms. The van der Waals surface area contributed by atoms with Crippen molar-refractivity contribution >= 4 is 17.7 Å². The number of hydrogen-bond donors (Lipinski definition) is 1. The van der Waals surface area contributed by atoms with Gasteiger partial charge in [-0.1, -0.05) is 23.9 Å². The molecule has 0 radical (unpaired) electrons. The van der Waals surface area contributed by atoms with Gasteiger partial charge < -0.3 is 4.57 Å². The van der Waals surface area contributed by atoms with Crippen LogP contribution in [-0.2, 0) is 10.5 Å². The highest BCUT2D eigenvalue weighted by Crippen LogP contribution is 2.42. The third-order valence-electron chi connectivity index (χ3n) is 5.15. The zero-order valence-corrected chi connectivity index (χ0v) is 16.9. The van der Waals surface area contributed by atoms with Crippen molar-refractivity contribution < 1.29 is 9.18 Å². The average Bonchev–Trinajstić information content (AvgIpc) is 3.26. The Morgan fingerprint density at radius 1 is 1.10 bits per heavy atom. The molecule has 3 aliphatic rings. The van der Waals surface area contributed by atoms with Crippen molar-refractivity contribution in [2.45, 2.75) is 29.8 Å². The molecule has 152 valence electrons. The number of imidazole rings is 1. The number of carbonyl (C=O) groups excluding carboxylic acids is 1. The molecule has 5 rings (SSSR count). The van der Waals surface area contributed by atoms with Gasteiger partial charge >= 0.3 is 0 Å². The lowest BCUT2D eigenvalue weighted by molar-refractivity contribution is -0.120. The summed E-state index contributed by atoms with van der Waals surface area (Å²) in [5.41, 5.74) is 4.70. The van der Waals surface area contributed by atoms with Crippen LogP contribution in [0.25, 0.3) is 11.5 Å². The number of aromatic nitrogens is 4. The number of carbonyl (C=O) groups is 1. The first-order valence-electron chi connectivity index (χ1n) is 9.83. The van der Waals surface area contributed by atoms with E-state index in [4.69, 9.17) is 4.98 Å². The molecule has 1 N–H and O–H groups in total. The highest BCUT2D eigenvalue weighted by atomic mass is 32.2. The van der Waals surface area contributed by atoms with Crippen LogP contribution >= 0.6 is 11.8 Å². The van der Waals surface area contributed by atoms with Gasteiger partial charge in [0.2, 0.25) is 0 Å². The zero-order valence-electron chi connectivity index (χ0n) is 16.1. The highest BCUT2D eigenvalue weighted by Gasteiger charge is 2.39. The molecule has 30 heavy (non-hydrogen) atoms. The van der Waals surface area contributed by atoms with E-state index in [-0.39, 0.29) is 17.8 Å². The largest absolute Gasteiger partial charge is 0.318 e. The van der Waals surface area contributed by atoms with Gasteiger partial charge in [-0.2, -0.15) is 0 Å². The van der Waals surface area contributed by atoms with Gasteiger partial charge in [0, 0.05) is 24.3 Å². The summed E-state index contributed by atoms with van der Waals surface area (Å²) in [6.07, 6.45) is 7.56. The fourth-order valence-electron chi connectivity index (χ4n) is 3.52. The maximum absolute atomic E-state index is 13.1. The predicted molar refractivity (Wildman–Crippen MR) is 113 cm³/mol. The van der Waals surface area contributed by atoms with Crippen LogP contribution in [0, 0.1) is 11.7 Å². The Bertz CT molecular complexity index is 1120. The minimum Gasteiger partial charge on any atom is -0.318 e. The Kier molecular flexibility index (Phi) is 5.00. The van der Waals surface area contributed by atoms with Crippen molar-refractivity contribution in [2.75, 3.05) is 5.43 Å². The molecule has 0 saturated heterocycles. The van der Waals surface area contributed by atoms with Crippen LogP contribution in [-0.4, -0.2) is 25.1 Å². The summed E-state index contributed by atoms with van der Waals surface area (Å²) in [7, 11) is 0. The average molecular weight is 422 g/mol. The van der Waals surface area contributed by atoms with Crippen molar-refractivity contribution in [1.29, 1.82) is 0 Å². The van der Waals surface area contributed by atoms with E-state index in [1.54, 1.807) is 29.2 Å². The summed E-state index contributed by atoms with van der Waals surface area (Å²) < 4.78 is 16.7. The van der Waals surface area contributed by atoms with Gasteiger partial charge in [-0.25, -0.2) is 14.4 Å². The number of hydrogen-bond acceptors (Lipinski definition) is 4. The molecule has 2 aromatic rings. The summed E-state index contributed by atoms with van der Waals surface area (Å²) in [5, 5.41) is 0.648. The van der Waals surface area contributed by atoms with Crippen LogP contribution < -0.4 is 5.43 Å². The first kappa shape index (κ1) is 18.9. The van der Waals surface area contributed by atoms with Gasteiger partial charge in [0.05, 0.1) is 0 Å². The van der Waals surface area contributed by atoms with Gasteiger partial charge in [-0.15, -0.1) is 0 Å². The van der Waals surface area contributed by atoms with E-state index >= 15 is 0 Å². The summed E-state index contributed by atoms with van der Waals surface area (Å²) in [4.78, 5) is 22.4. The van der Waals surface area contributed by atoms with Crippen LogP contribution in [0.4, 0.5) is 4.39 Å². The molecule has 1 atom stereocenters. The molecule has 1 saturated carbocycles. The standard InChI is InChI=1S/C22H20FN5OS/c23-17-9-5-15(6-10-17)14-30-22-24-18-4-3-13-28(20(18)25-22)19(16-7-8-16)21(29)26-27-11-1-2-12-27/h1-6,9-13,16,19H,7-8,14H2,(H,26,29). The maximum Gasteiger partial charge on any atom is 0.262 e. The van der Waals surface area contributed by atoms with Gasteiger partial charge in [-0.3, -0.25) is 14.9 Å². The number of nitrogens with one attached hydrogen (secondary N) is 1. The third-order valence-corrected chi connectivity index (χ3v) is 6.07. The Morgan fingerprint density at radius 3 is 2.60 bits per heavy atom. The molecule has 1 amide bonds. The van der Waals surface area contributed by atoms with E-state index in [2.05, 4.69) is 10.4 Å². The topological polar surface area (TPSA) is 64.7 Å². The van der Waals surface area contributed by atoms with Crippen molar-refractivity contribution in [3.05, 3.63) is 78.5 Å². The SMILES string of the molecule is O=C(Nn1cccc1)C(C1CC1)n1cccc2nc(SCc3ccc(F)cc3)nc1-2. The normalized spacial score (nSPS) is 14.7. The minimum atomic E-state index is -0.331. The molecule has 0 spiro atoms. The third kappa shape index (κ3) is 3.95. The number of nitrogens with zero attached hydrogens (tertiary/aromatic N) is 4. The van der Waals surface area contributed by atoms with Gasteiger partial charge in [0.1, 0.15) is 17.6 Å². The molecule has 2 aliphatic heterocycles. The fourth-order valence-corrected chi connectivity index (χ4v) is 4.33. The molecule has 1 aromatic heterocycles. The minimum absolute atomic E-state index is 0.0604. The van der Waals surface area contributed by atoms with Gasteiger partial charge in [0.15, 0.2) is 11.0 Å². The lowest BCUT2D eigenvalue weighted by Crippen LogP contribution is -2.32. The van der Waals surface area contributed by atoms with Crippen molar-refractivity contribution in [2.24, 2.45) is 5.92 Å². The Labute approximate surface area is 177 Å². The molecule has 8 heteroatoms.